The van der Waals surface area contributed by atoms with Crippen LogP contribution in [0.15, 0.2) is 60.7 Å². The van der Waals surface area contributed by atoms with Crippen LogP contribution in [0.1, 0.15) is 11.1 Å². The van der Waals surface area contributed by atoms with Gasteiger partial charge in [0.2, 0.25) is 0 Å². The molecular formula is C20H15Cl3FNO. The second kappa shape index (κ2) is 8.63. The Morgan fingerprint density at radius 3 is 2.12 bits per heavy atom. The van der Waals surface area contributed by atoms with E-state index in [1.807, 2.05) is 24.3 Å². The minimum Gasteiger partial charge on any atom is -0.486 e. The van der Waals surface area contributed by atoms with Gasteiger partial charge in [-0.2, -0.15) is 0 Å². The molecule has 0 heterocycles. The molecule has 0 fully saturated rings. The van der Waals surface area contributed by atoms with Gasteiger partial charge in [-0.25, -0.2) is 4.39 Å². The van der Waals surface area contributed by atoms with Gasteiger partial charge in [-0.15, -0.1) is 0 Å². The molecule has 26 heavy (non-hydrogen) atoms. The van der Waals surface area contributed by atoms with E-state index in [0.717, 1.165) is 16.8 Å². The first-order valence-corrected chi connectivity index (χ1v) is 9.00. The van der Waals surface area contributed by atoms with Crippen molar-refractivity contribution < 1.29 is 9.13 Å². The zero-order valence-electron chi connectivity index (χ0n) is 13.6. The summed E-state index contributed by atoms with van der Waals surface area (Å²) in [5, 5.41) is 4.71. The highest BCUT2D eigenvalue weighted by molar-refractivity contribution is 6.37. The number of nitrogens with one attached hydrogen (secondary N) is 1. The fraction of sp³-hybridized carbons (Fsp3) is 0.100. The monoisotopic (exact) mass is 409 g/mol. The summed E-state index contributed by atoms with van der Waals surface area (Å²) >= 11 is 18.8. The van der Waals surface area contributed by atoms with Crippen molar-refractivity contribution in [2.24, 2.45) is 0 Å². The van der Waals surface area contributed by atoms with Crippen molar-refractivity contribution in [3.8, 4) is 5.75 Å². The molecule has 0 bridgehead atoms. The van der Waals surface area contributed by atoms with E-state index in [4.69, 9.17) is 39.5 Å². The van der Waals surface area contributed by atoms with E-state index in [0.29, 0.717) is 27.4 Å². The molecule has 2 nitrogen and oxygen atoms in total. The molecule has 3 aromatic rings. The van der Waals surface area contributed by atoms with Crippen LogP contribution < -0.4 is 10.1 Å². The van der Waals surface area contributed by atoms with Crippen LogP contribution in [0.5, 0.6) is 5.75 Å². The first kappa shape index (κ1) is 18.8. The predicted octanol–water partition coefficient (Wildman–Crippen LogP) is 6.98. The zero-order chi connectivity index (χ0) is 18.5. The van der Waals surface area contributed by atoms with Crippen molar-refractivity contribution in [3.05, 3.63) is 92.7 Å². The van der Waals surface area contributed by atoms with Gasteiger partial charge in [0.1, 0.15) is 12.4 Å². The molecule has 0 amide bonds. The van der Waals surface area contributed by atoms with Crippen LogP contribution in [0.3, 0.4) is 0 Å². The Labute approximate surface area is 166 Å². The van der Waals surface area contributed by atoms with E-state index in [2.05, 4.69) is 5.32 Å². The maximum absolute atomic E-state index is 12.9. The van der Waals surface area contributed by atoms with Crippen molar-refractivity contribution in [1.82, 2.24) is 0 Å². The van der Waals surface area contributed by atoms with Gasteiger partial charge in [0.15, 0.2) is 5.75 Å². The van der Waals surface area contributed by atoms with Crippen LogP contribution in [0, 0.1) is 5.82 Å². The highest BCUT2D eigenvalue weighted by Gasteiger charge is 2.11. The molecule has 1 N–H and O–H groups in total. The second-order valence-corrected chi connectivity index (χ2v) is 6.86. The van der Waals surface area contributed by atoms with E-state index < -0.39 is 0 Å². The number of hydrogen-bond acceptors (Lipinski definition) is 2. The van der Waals surface area contributed by atoms with Gasteiger partial charge >= 0.3 is 0 Å². The maximum Gasteiger partial charge on any atom is 0.156 e. The molecule has 0 unspecified atom stereocenters. The first-order valence-electron chi connectivity index (χ1n) is 7.86. The fourth-order valence-electron chi connectivity index (χ4n) is 2.39. The Morgan fingerprint density at radius 1 is 0.808 bits per heavy atom. The summed E-state index contributed by atoms with van der Waals surface area (Å²) in [6, 6.07) is 17.1. The lowest BCUT2D eigenvalue weighted by atomic mass is 10.2. The number of benzene rings is 3. The third-order valence-corrected chi connectivity index (χ3v) is 4.60. The lowest BCUT2D eigenvalue weighted by Crippen LogP contribution is -2.01. The molecule has 0 aromatic heterocycles. The van der Waals surface area contributed by atoms with E-state index in [9.17, 15) is 4.39 Å². The standard InChI is InChI=1S/C20H15Cl3FNO/c21-16-3-1-2-4-19(16)25-11-14-9-17(22)20(18(23)10-14)26-12-13-5-7-15(24)8-6-13/h1-10,25H,11-12H2. The van der Waals surface area contributed by atoms with Gasteiger partial charge < -0.3 is 10.1 Å². The van der Waals surface area contributed by atoms with E-state index in [-0.39, 0.29) is 12.4 Å². The number of rotatable bonds is 6. The molecule has 0 atom stereocenters. The highest BCUT2D eigenvalue weighted by Crippen LogP contribution is 2.35. The van der Waals surface area contributed by atoms with E-state index >= 15 is 0 Å². The van der Waals surface area contributed by atoms with Crippen LogP contribution in [-0.2, 0) is 13.2 Å². The van der Waals surface area contributed by atoms with Crippen molar-refractivity contribution in [2.75, 3.05) is 5.32 Å². The summed E-state index contributed by atoms with van der Waals surface area (Å²) < 4.78 is 18.6. The summed E-state index contributed by atoms with van der Waals surface area (Å²) in [6.07, 6.45) is 0. The summed E-state index contributed by atoms with van der Waals surface area (Å²) in [4.78, 5) is 0. The normalized spacial score (nSPS) is 10.6. The SMILES string of the molecule is Fc1ccc(COc2c(Cl)cc(CNc3ccccc3Cl)cc2Cl)cc1. The summed E-state index contributed by atoms with van der Waals surface area (Å²) in [5.74, 6) is 0.110. The molecule has 134 valence electrons. The van der Waals surface area contributed by atoms with Crippen molar-refractivity contribution in [2.45, 2.75) is 13.2 Å². The quantitative estimate of drug-likeness (QED) is 0.473. The van der Waals surface area contributed by atoms with Gasteiger partial charge in [0.25, 0.3) is 0 Å². The molecule has 0 aliphatic carbocycles. The second-order valence-electron chi connectivity index (χ2n) is 5.64. The van der Waals surface area contributed by atoms with Crippen LogP contribution in [0.25, 0.3) is 0 Å². The van der Waals surface area contributed by atoms with Gasteiger partial charge in [0, 0.05) is 6.54 Å². The minimum atomic E-state index is -0.291. The summed E-state index contributed by atoms with van der Waals surface area (Å²) in [7, 11) is 0. The lowest BCUT2D eigenvalue weighted by molar-refractivity contribution is 0.306. The van der Waals surface area contributed by atoms with Gasteiger partial charge in [-0.1, -0.05) is 59.1 Å². The minimum absolute atomic E-state index is 0.247. The Kier molecular flexibility index (Phi) is 6.25. The average molecular weight is 411 g/mol. The fourth-order valence-corrected chi connectivity index (χ4v) is 3.23. The molecule has 0 saturated carbocycles. The maximum atomic E-state index is 12.9. The van der Waals surface area contributed by atoms with E-state index in [1.54, 1.807) is 24.3 Å². The Bertz CT molecular complexity index is 877. The van der Waals surface area contributed by atoms with Crippen LogP contribution in [0.2, 0.25) is 15.1 Å². The number of anilines is 1. The molecule has 0 aliphatic rings. The van der Waals surface area contributed by atoms with E-state index in [1.165, 1.54) is 12.1 Å². The van der Waals surface area contributed by atoms with Crippen LogP contribution >= 0.6 is 34.8 Å². The largest absolute Gasteiger partial charge is 0.486 e. The average Bonchev–Trinajstić information content (AvgIpc) is 2.62. The topological polar surface area (TPSA) is 21.3 Å². The van der Waals surface area contributed by atoms with Crippen molar-refractivity contribution in [3.63, 3.8) is 0 Å². The molecule has 0 spiro atoms. The number of hydrogen-bond donors (Lipinski definition) is 1. The highest BCUT2D eigenvalue weighted by atomic mass is 35.5. The third-order valence-electron chi connectivity index (χ3n) is 3.71. The molecule has 0 radical (unpaired) electrons. The first-order chi connectivity index (χ1) is 12.5. The van der Waals surface area contributed by atoms with Gasteiger partial charge in [0.05, 0.1) is 20.8 Å². The third kappa shape index (κ3) is 4.82. The molecule has 0 saturated heterocycles. The molecule has 3 rings (SSSR count). The summed E-state index contributed by atoms with van der Waals surface area (Å²) in [5.41, 5.74) is 2.55. The van der Waals surface area contributed by atoms with Crippen LogP contribution in [-0.4, -0.2) is 0 Å². The Balaban J connectivity index is 1.67. The smallest absolute Gasteiger partial charge is 0.156 e. The lowest BCUT2D eigenvalue weighted by Gasteiger charge is -2.13. The van der Waals surface area contributed by atoms with Gasteiger partial charge in [-0.3, -0.25) is 0 Å². The Morgan fingerprint density at radius 2 is 1.46 bits per heavy atom. The molecule has 3 aromatic carbocycles. The molecular weight excluding hydrogens is 396 g/mol. The number of para-hydroxylation sites is 1. The van der Waals surface area contributed by atoms with Crippen molar-refractivity contribution in [1.29, 1.82) is 0 Å². The zero-order valence-corrected chi connectivity index (χ0v) is 15.9. The number of ether oxygens (including phenoxy) is 1. The van der Waals surface area contributed by atoms with Gasteiger partial charge in [-0.05, 0) is 47.5 Å². The molecule has 6 heteroatoms. The number of halogens is 4. The predicted molar refractivity (Wildman–Crippen MR) is 106 cm³/mol. The Hall–Kier alpha value is -1.94. The summed E-state index contributed by atoms with van der Waals surface area (Å²) in [6.45, 7) is 0.762. The van der Waals surface area contributed by atoms with Crippen molar-refractivity contribution >= 4 is 40.5 Å². The van der Waals surface area contributed by atoms with Crippen LogP contribution in [0.4, 0.5) is 10.1 Å². The molecule has 0 aliphatic heterocycles.